The molecule has 0 aliphatic heterocycles. The molecule has 0 aliphatic carbocycles. The lowest BCUT2D eigenvalue weighted by Crippen LogP contribution is -2.18. The van der Waals surface area contributed by atoms with E-state index in [0.29, 0.717) is 0 Å². The maximum absolute atomic E-state index is 13.2. The molecule has 0 amide bonds. The van der Waals surface area contributed by atoms with Gasteiger partial charge in [0.05, 0.1) is 6.10 Å². The minimum atomic E-state index is -4.39. The van der Waals surface area contributed by atoms with Crippen molar-refractivity contribution >= 4 is 0 Å². The summed E-state index contributed by atoms with van der Waals surface area (Å²) in [6.45, 7) is -1.65. The van der Waals surface area contributed by atoms with E-state index in [1.807, 2.05) is 0 Å². The lowest BCUT2D eigenvalue weighted by molar-refractivity contribution is -0.175. The van der Waals surface area contributed by atoms with E-state index in [2.05, 4.69) is 4.74 Å². The predicted molar refractivity (Wildman–Crippen MR) is 52.9 cm³/mol. The molecule has 1 N–H and O–H groups in total. The Bertz CT molecular complexity index is 352. The maximum Gasteiger partial charge on any atom is 0.411 e. The Labute approximate surface area is 95.8 Å². The zero-order chi connectivity index (χ0) is 12.9. The van der Waals surface area contributed by atoms with Gasteiger partial charge in [0.1, 0.15) is 12.4 Å². The quantitative estimate of drug-likeness (QED) is 0.645. The normalized spacial score (nSPS) is 13.7. The van der Waals surface area contributed by atoms with Gasteiger partial charge in [0.2, 0.25) is 0 Å². The second-order valence-corrected chi connectivity index (χ2v) is 3.49. The summed E-state index contributed by atoms with van der Waals surface area (Å²) in [6.07, 6.45) is -5.63. The van der Waals surface area contributed by atoms with Crippen LogP contribution in [0.4, 0.5) is 17.6 Å². The van der Waals surface area contributed by atoms with Crippen molar-refractivity contribution in [3.8, 4) is 0 Å². The first-order chi connectivity index (χ1) is 7.90. The van der Waals surface area contributed by atoms with Crippen LogP contribution in [0, 0.1) is 5.82 Å². The highest BCUT2D eigenvalue weighted by Gasteiger charge is 2.27. The van der Waals surface area contributed by atoms with E-state index in [4.69, 9.17) is 0 Å². The largest absolute Gasteiger partial charge is 0.411 e. The van der Waals surface area contributed by atoms with Crippen molar-refractivity contribution in [1.29, 1.82) is 0 Å². The molecule has 1 aromatic carbocycles. The Kier molecular flexibility index (Phi) is 4.89. The van der Waals surface area contributed by atoms with Crippen molar-refractivity contribution in [2.24, 2.45) is 0 Å². The minimum absolute atomic E-state index is 0.0584. The molecule has 2 nitrogen and oxygen atoms in total. The zero-order valence-corrected chi connectivity index (χ0v) is 8.88. The van der Waals surface area contributed by atoms with Gasteiger partial charge < -0.3 is 9.84 Å². The molecule has 17 heavy (non-hydrogen) atoms. The number of halogens is 4. The van der Waals surface area contributed by atoms with Gasteiger partial charge in [-0.1, -0.05) is 18.2 Å². The fourth-order valence-electron chi connectivity index (χ4n) is 1.28. The molecule has 0 radical (unpaired) electrons. The average molecular weight is 252 g/mol. The summed E-state index contributed by atoms with van der Waals surface area (Å²) >= 11 is 0. The van der Waals surface area contributed by atoms with Crippen molar-refractivity contribution in [2.75, 3.05) is 13.2 Å². The summed E-state index contributed by atoms with van der Waals surface area (Å²) in [6, 6.07) is 5.56. The van der Waals surface area contributed by atoms with E-state index in [1.54, 1.807) is 0 Å². The van der Waals surface area contributed by atoms with Crippen molar-refractivity contribution in [1.82, 2.24) is 0 Å². The van der Waals surface area contributed by atoms with Crippen LogP contribution in [0.5, 0.6) is 0 Å². The third kappa shape index (κ3) is 5.14. The number of rotatable bonds is 5. The van der Waals surface area contributed by atoms with E-state index >= 15 is 0 Å². The lowest BCUT2D eigenvalue weighted by atomic mass is 10.1. The van der Waals surface area contributed by atoms with Crippen LogP contribution in [0.1, 0.15) is 18.1 Å². The molecule has 0 heterocycles. The van der Waals surface area contributed by atoms with E-state index in [1.165, 1.54) is 24.3 Å². The lowest BCUT2D eigenvalue weighted by Gasteiger charge is -2.12. The standard InChI is InChI=1S/C11H12F4O2/c12-9-4-2-1-3-8(9)10(16)5-6-17-7-11(13,14)15/h1-4,10,16H,5-7H2. The molecular formula is C11H12F4O2. The summed E-state index contributed by atoms with van der Waals surface area (Å²) in [5, 5.41) is 9.53. The van der Waals surface area contributed by atoms with E-state index in [9.17, 15) is 22.7 Å². The van der Waals surface area contributed by atoms with Gasteiger partial charge in [-0.3, -0.25) is 0 Å². The molecule has 1 unspecified atom stereocenters. The molecule has 1 atom stereocenters. The molecule has 1 aromatic rings. The average Bonchev–Trinajstić information content (AvgIpc) is 2.23. The van der Waals surface area contributed by atoms with Crippen LogP contribution in [0.15, 0.2) is 24.3 Å². The van der Waals surface area contributed by atoms with Crippen molar-refractivity contribution in [3.63, 3.8) is 0 Å². The third-order valence-corrected chi connectivity index (χ3v) is 2.07. The number of aliphatic hydroxyl groups excluding tert-OH is 1. The van der Waals surface area contributed by atoms with Crippen molar-refractivity contribution in [2.45, 2.75) is 18.7 Å². The minimum Gasteiger partial charge on any atom is -0.388 e. The van der Waals surface area contributed by atoms with Crippen molar-refractivity contribution in [3.05, 3.63) is 35.6 Å². The summed E-state index contributed by atoms with van der Waals surface area (Å²) in [7, 11) is 0. The predicted octanol–water partition coefficient (Wildman–Crippen LogP) is 2.83. The topological polar surface area (TPSA) is 29.5 Å². The molecule has 0 fully saturated rings. The van der Waals surface area contributed by atoms with Crippen LogP contribution in [-0.2, 0) is 4.74 Å². The number of hydrogen-bond donors (Lipinski definition) is 1. The van der Waals surface area contributed by atoms with E-state index < -0.39 is 24.7 Å². The smallest absolute Gasteiger partial charge is 0.388 e. The van der Waals surface area contributed by atoms with Crippen LogP contribution in [0.25, 0.3) is 0 Å². The van der Waals surface area contributed by atoms with Gasteiger partial charge in [0.15, 0.2) is 0 Å². The van der Waals surface area contributed by atoms with Gasteiger partial charge >= 0.3 is 6.18 Å². The van der Waals surface area contributed by atoms with Gasteiger partial charge in [-0.25, -0.2) is 4.39 Å². The number of benzene rings is 1. The molecule has 0 saturated carbocycles. The number of ether oxygens (including phenoxy) is 1. The number of hydrogen-bond acceptors (Lipinski definition) is 2. The number of alkyl halides is 3. The second kappa shape index (κ2) is 5.97. The molecule has 6 heteroatoms. The maximum atomic E-state index is 13.2. The van der Waals surface area contributed by atoms with Crippen LogP contribution < -0.4 is 0 Å². The van der Waals surface area contributed by atoms with Gasteiger partial charge in [0.25, 0.3) is 0 Å². The molecule has 96 valence electrons. The van der Waals surface area contributed by atoms with Crippen LogP contribution in [0.3, 0.4) is 0 Å². The van der Waals surface area contributed by atoms with Crippen LogP contribution in [-0.4, -0.2) is 24.5 Å². The fraction of sp³-hybridized carbons (Fsp3) is 0.455. The first-order valence-electron chi connectivity index (χ1n) is 4.97. The van der Waals surface area contributed by atoms with Gasteiger partial charge in [-0.05, 0) is 6.07 Å². The SMILES string of the molecule is OC(CCOCC(F)(F)F)c1ccccc1F. The molecule has 0 bridgehead atoms. The summed E-state index contributed by atoms with van der Waals surface area (Å²) < 4.78 is 52.6. The zero-order valence-electron chi connectivity index (χ0n) is 8.88. The summed E-state index contributed by atoms with van der Waals surface area (Å²) in [4.78, 5) is 0. The second-order valence-electron chi connectivity index (χ2n) is 3.49. The van der Waals surface area contributed by atoms with E-state index in [0.717, 1.165) is 0 Å². The first-order valence-corrected chi connectivity index (χ1v) is 4.97. The van der Waals surface area contributed by atoms with Crippen LogP contribution in [0.2, 0.25) is 0 Å². The molecule has 1 rings (SSSR count). The Morgan fingerprint density at radius 2 is 1.88 bits per heavy atom. The number of aliphatic hydroxyl groups is 1. The molecule has 0 saturated heterocycles. The summed E-state index contributed by atoms with van der Waals surface area (Å²) in [5.74, 6) is -0.587. The van der Waals surface area contributed by atoms with Gasteiger partial charge in [-0.15, -0.1) is 0 Å². The van der Waals surface area contributed by atoms with Gasteiger partial charge in [0, 0.05) is 18.6 Å². The first kappa shape index (κ1) is 13.9. The van der Waals surface area contributed by atoms with Crippen molar-refractivity contribution < 1.29 is 27.4 Å². The molecular weight excluding hydrogens is 240 g/mol. The molecule has 0 spiro atoms. The Morgan fingerprint density at radius 1 is 1.24 bits per heavy atom. The fourth-order valence-corrected chi connectivity index (χ4v) is 1.28. The Morgan fingerprint density at radius 3 is 2.47 bits per heavy atom. The molecule has 0 aliphatic rings. The highest BCUT2D eigenvalue weighted by atomic mass is 19.4. The summed E-state index contributed by atoms with van der Waals surface area (Å²) in [5.41, 5.74) is 0.0584. The van der Waals surface area contributed by atoms with Crippen LogP contribution >= 0.6 is 0 Å². The highest BCUT2D eigenvalue weighted by Crippen LogP contribution is 2.20. The van der Waals surface area contributed by atoms with Gasteiger partial charge in [-0.2, -0.15) is 13.2 Å². The Hall–Kier alpha value is -1.14. The third-order valence-electron chi connectivity index (χ3n) is 2.07. The monoisotopic (exact) mass is 252 g/mol. The van der Waals surface area contributed by atoms with E-state index in [-0.39, 0.29) is 18.6 Å². The molecule has 0 aromatic heterocycles. The Balaban J connectivity index is 2.36. The highest BCUT2D eigenvalue weighted by molar-refractivity contribution is 5.19.